The molecule has 0 bridgehead atoms. The zero-order valence-corrected chi connectivity index (χ0v) is 22.3. The van der Waals surface area contributed by atoms with Crippen molar-refractivity contribution in [2.45, 2.75) is 40.0 Å². The number of hydrogen-bond donors (Lipinski definition) is 2. The summed E-state index contributed by atoms with van der Waals surface area (Å²) in [6, 6.07) is 14.4. The van der Waals surface area contributed by atoms with Crippen LogP contribution < -0.4 is 4.74 Å². The van der Waals surface area contributed by atoms with Crippen molar-refractivity contribution in [2.24, 2.45) is 5.92 Å². The Kier molecular flexibility index (Phi) is 8.16. The van der Waals surface area contributed by atoms with Crippen molar-refractivity contribution in [3.05, 3.63) is 48.3 Å². The monoisotopic (exact) mass is 501 g/mol. The highest BCUT2D eigenvalue weighted by molar-refractivity contribution is 5.95. The van der Waals surface area contributed by atoms with Gasteiger partial charge >= 0.3 is 0 Å². The first-order chi connectivity index (χ1) is 18.1. The topological polar surface area (TPSA) is 86.0 Å². The number of aromatic nitrogens is 5. The number of nitrogens with one attached hydrogen (secondary N) is 2. The molecule has 1 fully saturated rings. The Morgan fingerprint density at radius 1 is 0.946 bits per heavy atom. The summed E-state index contributed by atoms with van der Waals surface area (Å²) in [6.45, 7) is 14.3. The van der Waals surface area contributed by atoms with Crippen LogP contribution in [0.4, 0.5) is 0 Å². The van der Waals surface area contributed by atoms with Crippen molar-refractivity contribution >= 4 is 10.9 Å². The lowest BCUT2D eigenvalue weighted by Gasteiger charge is -2.20. The summed E-state index contributed by atoms with van der Waals surface area (Å²) in [5.74, 6) is 3.04. The van der Waals surface area contributed by atoms with E-state index in [-0.39, 0.29) is 0 Å². The summed E-state index contributed by atoms with van der Waals surface area (Å²) in [7, 11) is 0. The summed E-state index contributed by atoms with van der Waals surface area (Å²) >= 11 is 0. The van der Waals surface area contributed by atoms with E-state index >= 15 is 0 Å². The standard InChI is InChI=1S/C29H39N7O/c1-4-35-12-6-13-36(16-15-35)14-7-17-37-24-9-5-8-22(19-24)28-25-20-23(10-11-26(25)31-33-28)29-30-27(32-34-29)18-21(2)3/h5,8-11,19-21H,4,6-7,12-18H2,1-3H3,(H,31,33)(H,30,32,34). The molecule has 0 saturated carbocycles. The van der Waals surface area contributed by atoms with Crippen molar-refractivity contribution in [1.82, 2.24) is 35.2 Å². The number of benzene rings is 2. The van der Waals surface area contributed by atoms with E-state index in [9.17, 15) is 0 Å². The van der Waals surface area contributed by atoms with Crippen LogP contribution in [0.15, 0.2) is 42.5 Å². The molecular formula is C29H39N7O. The minimum Gasteiger partial charge on any atom is -0.494 e. The van der Waals surface area contributed by atoms with Gasteiger partial charge in [0, 0.05) is 42.6 Å². The first-order valence-corrected chi connectivity index (χ1v) is 13.7. The minimum atomic E-state index is 0.527. The average Bonchev–Trinajstić information content (AvgIpc) is 3.47. The molecule has 0 unspecified atom stereocenters. The smallest absolute Gasteiger partial charge is 0.181 e. The van der Waals surface area contributed by atoms with Gasteiger partial charge in [-0.25, -0.2) is 4.98 Å². The summed E-state index contributed by atoms with van der Waals surface area (Å²) < 4.78 is 6.15. The fourth-order valence-corrected chi connectivity index (χ4v) is 5.05. The number of hydrogen-bond acceptors (Lipinski definition) is 6. The van der Waals surface area contributed by atoms with E-state index in [1.165, 1.54) is 26.1 Å². The molecule has 0 aliphatic carbocycles. The lowest BCUT2D eigenvalue weighted by atomic mass is 10.1. The average molecular weight is 502 g/mol. The number of aromatic amines is 2. The highest BCUT2D eigenvalue weighted by Gasteiger charge is 2.15. The second-order valence-corrected chi connectivity index (χ2v) is 10.4. The van der Waals surface area contributed by atoms with Gasteiger partial charge in [0.1, 0.15) is 17.3 Å². The molecule has 1 saturated heterocycles. The van der Waals surface area contributed by atoms with Gasteiger partial charge in [-0.1, -0.05) is 32.9 Å². The quantitative estimate of drug-likeness (QED) is 0.297. The SMILES string of the molecule is CCN1CCCN(CCCOc2cccc(-c3n[nH]c4ccc(-c5n[nH]c(CC(C)C)n5)cc34)c2)CC1. The molecule has 2 N–H and O–H groups in total. The van der Waals surface area contributed by atoms with Gasteiger partial charge in [-0.05, 0) is 68.7 Å². The maximum atomic E-state index is 6.15. The first-order valence-electron chi connectivity index (χ1n) is 13.7. The molecule has 0 radical (unpaired) electrons. The van der Waals surface area contributed by atoms with Crippen LogP contribution in [0.5, 0.6) is 5.75 Å². The van der Waals surface area contributed by atoms with Crippen LogP contribution in [0.2, 0.25) is 0 Å². The van der Waals surface area contributed by atoms with Crippen molar-refractivity contribution in [3.63, 3.8) is 0 Å². The van der Waals surface area contributed by atoms with E-state index < -0.39 is 0 Å². The summed E-state index contributed by atoms with van der Waals surface area (Å²) in [4.78, 5) is 9.81. The van der Waals surface area contributed by atoms with Gasteiger partial charge in [-0.15, -0.1) is 0 Å². The summed E-state index contributed by atoms with van der Waals surface area (Å²) in [5, 5.41) is 16.4. The molecule has 4 aromatic rings. The number of nitrogens with zero attached hydrogens (tertiary/aromatic N) is 5. The Morgan fingerprint density at radius 3 is 2.68 bits per heavy atom. The Bertz CT molecular complexity index is 1290. The first kappa shape index (κ1) is 25.4. The number of ether oxygens (including phenoxy) is 1. The minimum absolute atomic E-state index is 0.527. The maximum absolute atomic E-state index is 6.15. The fourth-order valence-electron chi connectivity index (χ4n) is 5.05. The highest BCUT2D eigenvalue weighted by atomic mass is 16.5. The van der Waals surface area contributed by atoms with Crippen LogP contribution in [0, 0.1) is 5.92 Å². The Balaban J connectivity index is 1.24. The molecule has 37 heavy (non-hydrogen) atoms. The number of rotatable bonds is 10. The lowest BCUT2D eigenvalue weighted by molar-refractivity contribution is 0.233. The molecule has 0 atom stereocenters. The molecule has 0 amide bonds. The van der Waals surface area contributed by atoms with Crippen molar-refractivity contribution in [3.8, 4) is 28.4 Å². The van der Waals surface area contributed by atoms with Crippen LogP contribution in [0.1, 0.15) is 39.4 Å². The summed E-state index contributed by atoms with van der Waals surface area (Å²) in [6.07, 6.45) is 3.17. The third-order valence-electron chi connectivity index (χ3n) is 7.08. The van der Waals surface area contributed by atoms with Crippen molar-refractivity contribution < 1.29 is 4.74 Å². The Hall–Kier alpha value is -3.23. The predicted molar refractivity (Wildman–Crippen MR) is 149 cm³/mol. The van der Waals surface area contributed by atoms with Crippen LogP contribution in [-0.2, 0) is 6.42 Å². The zero-order valence-electron chi connectivity index (χ0n) is 22.3. The second kappa shape index (κ2) is 11.9. The van der Waals surface area contributed by atoms with Gasteiger partial charge in [-0.2, -0.15) is 10.2 Å². The van der Waals surface area contributed by atoms with Crippen LogP contribution >= 0.6 is 0 Å². The molecule has 8 heteroatoms. The second-order valence-electron chi connectivity index (χ2n) is 10.4. The van der Waals surface area contributed by atoms with E-state index in [1.54, 1.807) is 0 Å². The maximum Gasteiger partial charge on any atom is 0.181 e. The molecule has 2 aromatic carbocycles. The molecule has 1 aliphatic rings. The normalized spacial score (nSPS) is 15.5. The van der Waals surface area contributed by atoms with Gasteiger partial charge in [0.2, 0.25) is 0 Å². The van der Waals surface area contributed by atoms with Crippen LogP contribution in [0.3, 0.4) is 0 Å². The fraction of sp³-hybridized carbons (Fsp3) is 0.483. The van der Waals surface area contributed by atoms with Crippen molar-refractivity contribution in [2.75, 3.05) is 45.9 Å². The zero-order chi connectivity index (χ0) is 25.6. The summed E-state index contributed by atoms with van der Waals surface area (Å²) in [5.41, 5.74) is 3.90. The number of likely N-dealkylation sites (N-methyl/N-ethyl adjacent to an activating group) is 1. The van der Waals surface area contributed by atoms with Crippen molar-refractivity contribution in [1.29, 1.82) is 0 Å². The molecule has 8 nitrogen and oxygen atoms in total. The highest BCUT2D eigenvalue weighted by Crippen LogP contribution is 2.31. The van der Waals surface area contributed by atoms with Crippen LogP contribution in [-0.4, -0.2) is 81.1 Å². The predicted octanol–water partition coefficient (Wildman–Crippen LogP) is 5.01. The van der Waals surface area contributed by atoms with E-state index in [2.05, 4.69) is 69.2 Å². The molecule has 2 aromatic heterocycles. The molecule has 1 aliphatic heterocycles. The largest absolute Gasteiger partial charge is 0.494 e. The molecule has 196 valence electrons. The third kappa shape index (κ3) is 6.37. The molecule has 5 rings (SSSR count). The van der Waals surface area contributed by atoms with Gasteiger partial charge in [0.15, 0.2) is 5.82 Å². The Morgan fingerprint density at radius 2 is 1.81 bits per heavy atom. The molecule has 3 heterocycles. The Labute approximate surface area is 219 Å². The van der Waals surface area contributed by atoms with Crippen LogP contribution in [0.25, 0.3) is 33.5 Å². The van der Waals surface area contributed by atoms with Gasteiger partial charge in [0.05, 0.1) is 12.1 Å². The van der Waals surface area contributed by atoms with Gasteiger partial charge in [-0.3, -0.25) is 10.2 Å². The van der Waals surface area contributed by atoms with Gasteiger partial charge < -0.3 is 14.5 Å². The van der Waals surface area contributed by atoms with E-state index in [0.29, 0.717) is 18.3 Å². The van der Waals surface area contributed by atoms with E-state index in [0.717, 1.165) is 71.8 Å². The van der Waals surface area contributed by atoms with Gasteiger partial charge in [0.25, 0.3) is 0 Å². The number of H-pyrrole nitrogens is 2. The third-order valence-corrected chi connectivity index (χ3v) is 7.08. The lowest BCUT2D eigenvalue weighted by Crippen LogP contribution is -2.31. The molecule has 0 spiro atoms. The van der Waals surface area contributed by atoms with E-state index in [4.69, 9.17) is 9.72 Å². The van der Waals surface area contributed by atoms with E-state index in [1.807, 2.05) is 24.3 Å². The number of fused-ring (bicyclic) bond motifs is 1. The molecular weight excluding hydrogens is 462 g/mol.